The van der Waals surface area contributed by atoms with Gasteiger partial charge < -0.3 is 10.3 Å². The number of nitrogens with zero attached hydrogens (tertiary/aromatic N) is 3. The zero-order valence-corrected chi connectivity index (χ0v) is 16.9. The predicted octanol–water partition coefficient (Wildman–Crippen LogP) is 4.52. The summed E-state index contributed by atoms with van der Waals surface area (Å²) in [5.74, 6) is 0.0694. The van der Waals surface area contributed by atoms with Crippen LogP contribution in [-0.4, -0.2) is 19.5 Å². The number of nitrogen functional groups attached to an aromatic ring is 1. The van der Waals surface area contributed by atoms with Gasteiger partial charge in [-0.15, -0.1) is 0 Å². The molecular formula is C25H19N5O. The number of H-pyrrole nitrogens is 1. The van der Waals surface area contributed by atoms with Gasteiger partial charge in [-0.05, 0) is 50.4 Å². The van der Waals surface area contributed by atoms with Crippen molar-refractivity contribution in [3.8, 4) is 0 Å². The third-order valence-corrected chi connectivity index (χ3v) is 6.12. The van der Waals surface area contributed by atoms with Crippen molar-refractivity contribution >= 4 is 49.4 Å². The lowest BCUT2D eigenvalue weighted by Crippen LogP contribution is -2.15. The molecule has 0 aliphatic carbocycles. The van der Waals surface area contributed by atoms with Crippen LogP contribution in [0.15, 0.2) is 71.8 Å². The normalized spacial score (nSPS) is 11.8. The van der Waals surface area contributed by atoms with E-state index in [0.717, 1.165) is 5.56 Å². The lowest BCUT2D eigenvalue weighted by molar-refractivity contribution is 0.831. The number of aromatic amines is 1. The Bertz CT molecular complexity index is 1710. The summed E-state index contributed by atoms with van der Waals surface area (Å²) in [5, 5.41) is 7.19. The van der Waals surface area contributed by atoms with Gasteiger partial charge in [0.05, 0.1) is 12.9 Å². The minimum Gasteiger partial charge on any atom is -0.369 e. The Morgan fingerprint density at radius 3 is 2.52 bits per heavy atom. The molecule has 0 saturated carbocycles. The SMILES string of the molecule is Cc1c2ccccc2c(Cn2cnc3nc(N)[nH]c(=O)c32)c2c1ccc1ccccc12. The maximum Gasteiger partial charge on any atom is 0.278 e. The monoisotopic (exact) mass is 405 g/mol. The van der Waals surface area contributed by atoms with E-state index in [1.165, 1.54) is 37.9 Å². The molecule has 3 N–H and O–H groups in total. The first kappa shape index (κ1) is 17.7. The average Bonchev–Trinajstić information content (AvgIpc) is 3.18. The maximum absolute atomic E-state index is 12.6. The average molecular weight is 405 g/mol. The Morgan fingerprint density at radius 1 is 0.935 bits per heavy atom. The molecule has 0 saturated heterocycles. The molecule has 0 aliphatic heterocycles. The highest BCUT2D eigenvalue weighted by atomic mass is 16.1. The van der Waals surface area contributed by atoms with Crippen LogP contribution in [0.1, 0.15) is 11.1 Å². The van der Waals surface area contributed by atoms with Crippen LogP contribution in [0.5, 0.6) is 0 Å². The van der Waals surface area contributed by atoms with Gasteiger partial charge in [0.15, 0.2) is 11.2 Å². The molecule has 0 atom stereocenters. The fourth-order valence-electron chi connectivity index (χ4n) is 4.72. The zero-order chi connectivity index (χ0) is 21.1. The first-order valence-corrected chi connectivity index (χ1v) is 10.1. The number of anilines is 1. The lowest BCUT2D eigenvalue weighted by atomic mass is 9.89. The van der Waals surface area contributed by atoms with Crippen LogP contribution >= 0.6 is 0 Å². The van der Waals surface area contributed by atoms with Gasteiger partial charge in [-0.25, -0.2) is 4.98 Å². The lowest BCUT2D eigenvalue weighted by Gasteiger charge is -2.17. The van der Waals surface area contributed by atoms with Crippen molar-refractivity contribution in [1.29, 1.82) is 0 Å². The minimum absolute atomic E-state index is 0.0694. The second kappa shape index (κ2) is 6.40. The molecule has 2 aromatic heterocycles. The first-order chi connectivity index (χ1) is 15.1. The van der Waals surface area contributed by atoms with Crippen molar-refractivity contribution < 1.29 is 0 Å². The summed E-state index contributed by atoms with van der Waals surface area (Å²) in [6.45, 7) is 2.67. The highest BCUT2D eigenvalue weighted by molar-refractivity contribution is 6.16. The molecule has 0 fully saturated rings. The number of nitrogens with two attached hydrogens (primary N) is 1. The number of fused-ring (bicyclic) bond motifs is 5. The molecule has 150 valence electrons. The Labute approximate surface area is 177 Å². The Balaban J connectivity index is 1.75. The van der Waals surface area contributed by atoms with Crippen molar-refractivity contribution in [2.75, 3.05) is 5.73 Å². The van der Waals surface area contributed by atoms with Crippen molar-refractivity contribution in [2.45, 2.75) is 13.5 Å². The van der Waals surface area contributed by atoms with Crippen molar-refractivity contribution in [1.82, 2.24) is 19.5 Å². The molecule has 0 aliphatic rings. The molecule has 0 radical (unpaired) electrons. The first-order valence-electron chi connectivity index (χ1n) is 10.1. The molecule has 0 amide bonds. The molecule has 2 heterocycles. The topological polar surface area (TPSA) is 89.6 Å². The number of benzene rings is 4. The van der Waals surface area contributed by atoms with Crippen LogP contribution in [0, 0.1) is 6.92 Å². The molecule has 31 heavy (non-hydrogen) atoms. The molecular weight excluding hydrogens is 386 g/mol. The highest BCUT2D eigenvalue weighted by Crippen LogP contribution is 2.37. The van der Waals surface area contributed by atoms with Crippen LogP contribution in [0.4, 0.5) is 5.95 Å². The van der Waals surface area contributed by atoms with E-state index in [1.54, 1.807) is 6.33 Å². The summed E-state index contributed by atoms with van der Waals surface area (Å²) in [7, 11) is 0. The minimum atomic E-state index is -0.286. The number of aryl methyl sites for hydroxylation is 1. The van der Waals surface area contributed by atoms with Gasteiger partial charge in [0.2, 0.25) is 5.95 Å². The Hall–Kier alpha value is -4.19. The predicted molar refractivity (Wildman–Crippen MR) is 125 cm³/mol. The van der Waals surface area contributed by atoms with Crippen molar-refractivity contribution in [3.05, 3.63) is 88.5 Å². The fraction of sp³-hybridized carbons (Fsp3) is 0.0800. The van der Waals surface area contributed by atoms with Crippen LogP contribution in [0.2, 0.25) is 0 Å². The highest BCUT2D eigenvalue weighted by Gasteiger charge is 2.17. The van der Waals surface area contributed by atoms with Gasteiger partial charge in [-0.2, -0.15) is 4.98 Å². The standard InChI is InChI=1S/C25H19N5O/c1-14-16-7-4-5-9-19(16)20(21-17(14)11-10-15-6-2-3-8-18(15)21)12-30-13-27-23-22(30)24(31)29-25(26)28-23/h2-11,13H,12H2,1H3,(H3,26,28,29,31). The quantitative estimate of drug-likeness (QED) is 0.327. The van der Waals surface area contributed by atoms with Gasteiger partial charge in [0.25, 0.3) is 5.56 Å². The van der Waals surface area contributed by atoms with E-state index in [9.17, 15) is 4.79 Å². The molecule has 0 spiro atoms. The van der Waals surface area contributed by atoms with Gasteiger partial charge in [0, 0.05) is 0 Å². The number of aromatic nitrogens is 4. The number of nitrogens with one attached hydrogen (secondary N) is 1. The van der Waals surface area contributed by atoms with E-state index in [0.29, 0.717) is 17.7 Å². The molecule has 4 aromatic carbocycles. The third-order valence-electron chi connectivity index (χ3n) is 6.12. The molecule has 6 rings (SSSR count). The van der Waals surface area contributed by atoms with Crippen molar-refractivity contribution in [3.63, 3.8) is 0 Å². The van der Waals surface area contributed by atoms with E-state index >= 15 is 0 Å². The van der Waals surface area contributed by atoms with E-state index in [1.807, 2.05) is 4.57 Å². The van der Waals surface area contributed by atoms with Crippen LogP contribution in [0.3, 0.4) is 0 Å². The fourth-order valence-corrected chi connectivity index (χ4v) is 4.72. The molecule has 6 aromatic rings. The van der Waals surface area contributed by atoms with Gasteiger partial charge in [0.1, 0.15) is 0 Å². The molecule has 6 nitrogen and oxygen atoms in total. The van der Waals surface area contributed by atoms with E-state index in [-0.39, 0.29) is 11.5 Å². The molecule has 6 heteroatoms. The summed E-state index contributed by atoms with van der Waals surface area (Å²) in [6.07, 6.45) is 1.66. The number of hydrogen-bond donors (Lipinski definition) is 2. The second-order valence-electron chi connectivity index (χ2n) is 7.85. The van der Waals surface area contributed by atoms with E-state index < -0.39 is 0 Å². The summed E-state index contributed by atoms with van der Waals surface area (Å²) >= 11 is 0. The van der Waals surface area contributed by atoms with Crippen molar-refractivity contribution in [2.24, 2.45) is 0 Å². The summed E-state index contributed by atoms with van der Waals surface area (Å²) in [4.78, 5) is 23.7. The molecule has 0 unspecified atom stereocenters. The van der Waals surface area contributed by atoms with E-state index in [2.05, 4.69) is 82.5 Å². The summed E-state index contributed by atoms with van der Waals surface area (Å²) < 4.78 is 1.86. The van der Waals surface area contributed by atoms with Crippen LogP contribution in [-0.2, 0) is 6.54 Å². The number of hydrogen-bond acceptors (Lipinski definition) is 4. The zero-order valence-electron chi connectivity index (χ0n) is 16.9. The van der Waals surface area contributed by atoms with Gasteiger partial charge in [-0.1, -0.05) is 60.7 Å². The summed E-state index contributed by atoms with van der Waals surface area (Å²) in [6, 6.07) is 21.2. The molecule has 0 bridgehead atoms. The van der Waals surface area contributed by atoms with Crippen LogP contribution in [0.25, 0.3) is 43.5 Å². The largest absolute Gasteiger partial charge is 0.369 e. The van der Waals surface area contributed by atoms with Gasteiger partial charge >= 0.3 is 0 Å². The van der Waals surface area contributed by atoms with E-state index in [4.69, 9.17) is 5.73 Å². The Morgan fingerprint density at radius 2 is 1.68 bits per heavy atom. The smallest absolute Gasteiger partial charge is 0.278 e. The van der Waals surface area contributed by atoms with Gasteiger partial charge in [-0.3, -0.25) is 9.78 Å². The second-order valence-corrected chi connectivity index (χ2v) is 7.85. The third kappa shape index (κ3) is 2.55. The Kier molecular flexibility index (Phi) is 3.65. The number of imidazole rings is 1. The number of rotatable bonds is 2. The van der Waals surface area contributed by atoms with Crippen LogP contribution < -0.4 is 11.3 Å². The summed E-state index contributed by atoms with van der Waals surface area (Å²) in [5.41, 5.74) is 8.60. The maximum atomic E-state index is 12.6.